The zero-order valence-corrected chi connectivity index (χ0v) is 20.7. The Balaban J connectivity index is 1.59. The Labute approximate surface area is 216 Å². The summed E-state index contributed by atoms with van der Waals surface area (Å²) in [6.07, 6.45) is 5.46. The highest BCUT2D eigenvalue weighted by Gasteiger charge is 2.32. The minimum Gasteiger partial charge on any atom is -0.484 e. The molecule has 5 nitrogen and oxygen atoms in total. The van der Waals surface area contributed by atoms with Crippen LogP contribution in [0.1, 0.15) is 43.2 Å². The molecule has 0 aromatic heterocycles. The zero-order chi connectivity index (χ0) is 26.0. The number of ether oxygens (including phenoxy) is 1. The molecule has 0 radical (unpaired) electrons. The summed E-state index contributed by atoms with van der Waals surface area (Å²) in [5.74, 6) is -1.04. The van der Waals surface area contributed by atoms with Gasteiger partial charge < -0.3 is 15.0 Å². The molecule has 1 N–H and O–H groups in total. The highest BCUT2D eigenvalue weighted by atomic mass is 19.1. The molecule has 37 heavy (non-hydrogen) atoms. The molecule has 1 aliphatic carbocycles. The first-order valence-corrected chi connectivity index (χ1v) is 12.7. The molecule has 0 heterocycles. The third kappa shape index (κ3) is 7.87. The van der Waals surface area contributed by atoms with Gasteiger partial charge >= 0.3 is 0 Å². The first kappa shape index (κ1) is 26.3. The third-order valence-corrected chi connectivity index (χ3v) is 6.66. The molecule has 0 bridgehead atoms. The maximum absolute atomic E-state index is 13.7. The molecule has 0 aliphatic heterocycles. The Morgan fingerprint density at radius 1 is 0.838 bits per heavy atom. The monoisotopic (exact) mass is 506 g/mol. The maximum Gasteiger partial charge on any atom is 0.261 e. The quantitative estimate of drug-likeness (QED) is 0.399. The summed E-state index contributed by atoms with van der Waals surface area (Å²) in [5.41, 5.74) is 1.61. The van der Waals surface area contributed by atoms with Gasteiger partial charge in [0, 0.05) is 19.0 Å². The van der Waals surface area contributed by atoms with Gasteiger partial charge in [0.1, 0.15) is 23.4 Å². The Kier molecular flexibility index (Phi) is 9.24. The molecule has 1 saturated carbocycles. The second-order valence-electron chi connectivity index (χ2n) is 9.44. The van der Waals surface area contributed by atoms with E-state index in [1.54, 1.807) is 12.1 Å². The first-order chi connectivity index (χ1) is 18.0. The highest BCUT2D eigenvalue weighted by Crippen LogP contribution is 2.20. The minimum atomic E-state index is -0.793. The van der Waals surface area contributed by atoms with E-state index in [-0.39, 0.29) is 30.9 Å². The van der Waals surface area contributed by atoms with Crippen LogP contribution in [0.25, 0.3) is 0 Å². The van der Waals surface area contributed by atoms with Gasteiger partial charge in [-0.25, -0.2) is 8.78 Å². The molecule has 3 aromatic carbocycles. The summed E-state index contributed by atoms with van der Waals surface area (Å²) in [5, 5.41) is 3.17. The van der Waals surface area contributed by atoms with Gasteiger partial charge in [0.05, 0.1) is 0 Å². The number of benzene rings is 3. The van der Waals surface area contributed by atoms with E-state index < -0.39 is 17.8 Å². The van der Waals surface area contributed by atoms with Gasteiger partial charge in [-0.05, 0) is 60.4 Å². The highest BCUT2D eigenvalue weighted by molar-refractivity contribution is 5.88. The van der Waals surface area contributed by atoms with Crippen LogP contribution < -0.4 is 10.1 Å². The lowest BCUT2D eigenvalue weighted by atomic mass is 9.94. The normalized spacial score (nSPS) is 14.5. The van der Waals surface area contributed by atoms with Crippen LogP contribution in [0.2, 0.25) is 0 Å². The van der Waals surface area contributed by atoms with Gasteiger partial charge in [0.15, 0.2) is 6.61 Å². The lowest BCUT2D eigenvalue weighted by Gasteiger charge is -2.33. The molecular weight excluding hydrogens is 474 g/mol. The number of halogens is 2. The van der Waals surface area contributed by atoms with Crippen molar-refractivity contribution in [1.29, 1.82) is 0 Å². The second-order valence-corrected chi connectivity index (χ2v) is 9.44. The van der Waals surface area contributed by atoms with E-state index in [2.05, 4.69) is 5.32 Å². The van der Waals surface area contributed by atoms with Gasteiger partial charge in [-0.3, -0.25) is 9.59 Å². The van der Waals surface area contributed by atoms with Crippen molar-refractivity contribution in [2.45, 2.75) is 57.2 Å². The summed E-state index contributed by atoms with van der Waals surface area (Å²) in [7, 11) is 0. The Hall–Kier alpha value is -3.74. The summed E-state index contributed by atoms with van der Waals surface area (Å²) in [4.78, 5) is 28.7. The van der Waals surface area contributed by atoms with E-state index in [1.807, 2.05) is 30.3 Å². The molecule has 194 valence electrons. The van der Waals surface area contributed by atoms with Crippen molar-refractivity contribution in [2.24, 2.45) is 0 Å². The second kappa shape index (κ2) is 13.0. The van der Waals surface area contributed by atoms with E-state index in [0.29, 0.717) is 17.7 Å². The van der Waals surface area contributed by atoms with Gasteiger partial charge in [-0.2, -0.15) is 0 Å². The molecular formula is C30H32F2N2O3. The SMILES string of the molecule is O=C(NC1CCCCC1)[C@@H](Cc1ccccc1)N(Cc1ccc(F)cc1)C(=O)COc1ccc(F)cc1. The number of carbonyl (C=O) groups is 2. The van der Waals surface area contributed by atoms with Crippen LogP contribution in [0.5, 0.6) is 5.75 Å². The third-order valence-electron chi connectivity index (χ3n) is 6.66. The molecule has 0 saturated heterocycles. The predicted molar refractivity (Wildman–Crippen MR) is 138 cm³/mol. The van der Waals surface area contributed by atoms with Gasteiger partial charge in [0.2, 0.25) is 5.91 Å². The van der Waals surface area contributed by atoms with Crippen molar-refractivity contribution < 1.29 is 23.1 Å². The van der Waals surface area contributed by atoms with Gasteiger partial charge in [0.25, 0.3) is 5.91 Å². The van der Waals surface area contributed by atoms with Crippen molar-refractivity contribution >= 4 is 11.8 Å². The van der Waals surface area contributed by atoms with Crippen molar-refractivity contribution in [3.8, 4) is 5.75 Å². The zero-order valence-electron chi connectivity index (χ0n) is 20.7. The Morgan fingerprint density at radius 2 is 1.46 bits per heavy atom. The minimum absolute atomic E-state index is 0.0813. The maximum atomic E-state index is 13.7. The molecule has 7 heteroatoms. The number of nitrogens with one attached hydrogen (secondary N) is 1. The lowest BCUT2D eigenvalue weighted by molar-refractivity contribution is -0.143. The van der Waals surface area contributed by atoms with Crippen molar-refractivity contribution in [2.75, 3.05) is 6.61 Å². The number of amides is 2. The summed E-state index contributed by atoms with van der Waals surface area (Å²) in [6, 6.07) is 20.1. The van der Waals surface area contributed by atoms with Crippen LogP contribution >= 0.6 is 0 Å². The van der Waals surface area contributed by atoms with E-state index in [1.165, 1.54) is 41.3 Å². The fourth-order valence-electron chi connectivity index (χ4n) is 4.64. The van der Waals surface area contributed by atoms with E-state index in [4.69, 9.17) is 4.74 Å². The number of hydrogen-bond donors (Lipinski definition) is 1. The molecule has 0 unspecified atom stereocenters. The van der Waals surface area contributed by atoms with Crippen molar-refractivity contribution in [3.05, 3.63) is 102 Å². The number of carbonyl (C=O) groups excluding carboxylic acids is 2. The largest absolute Gasteiger partial charge is 0.484 e. The fourth-order valence-corrected chi connectivity index (χ4v) is 4.64. The Morgan fingerprint density at radius 3 is 2.11 bits per heavy atom. The average molecular weight is 507 g/mol. The van der Waals surface area contributed by atoms with Gasteiger partial charge in [-0.1, -0.05) is 61.7 Å². The number of nitrogens with zero attached hydrogens (tertiary/aromatic N) is 1. The summed E-state index contributed by atoms with van der Waals surface area (Å²) in [6.45, 7) is -0.212. The number of rotatable bonds is 10. The molecule has 1 fully saturated rings. The van der Waals surface area contributed by atoms with Crippen LogP contribution in [-0.2, 0) is 22.6 Å². The predicted octanol–water partition coefficient (Wildman–Crippen LogP) is 5.43. The van der Waals surface area contributed by atoms with Gasteiger partial charge in [-0.15, -0.1) is 0 Å². The van der Waals surface area contributed by atoms with Crippen LogP contribution in [0.4, 0.5) is 8.78 Å². The molecule has 3 aromatic rings. The summed E-state index contributed by atoms with van der Waals surface area (Å²) >= 11 is 0. The molecule has 4 rings (SSSR count). The van der Waals surface area contributed by atoms with E-state index >= 15 is 0 Å². The molecule has 1 atom stereocenters. The number of hydrogen-bond acceptors (Lipinski definition) is 3. The van der Waals surface area contributed by atoms with Crippen LogP contribution in [0, 0.1) is 11.6 Å². The smallest absolute Gasteiger partial charge is 0.261 e. The molecule has 2 amide bonds. The topological polar surface area (TPSA) is 58.6 Å². The van der Waals surface area contributed by atoms with Crippen LogP contribution in [0.3, 0.4) is 0 Å². The Bertz CT molecular complexity index is 1150. The molecule has 0 spiro atoms. The lowest BCUT2D eigenvalue weighted by Crippen LogP contribution is -2.53. The van der Waals surface area contributed by atoms with E-state index in [0.717, 1.165) is 37.7 Å². The van der Waals surface area contributed by atoms with E-state index in [9.17, 15) is 18.4 Å². The fraction of sp³-hybridized carbons (Fsp3) is 0.333. The summed E-state index contributed by atoms with van der Waals surface area (Å²) < 4.78 is 32.5. The van der Waals surface area contributed by atoms with Crippen molar-refractivity contribution in [1.82, 2.24) is 10.2 Å². The standard InChI is InChI=1S/C30H32F2N2O3/c31-24-13-11-23(12-14-24)20-34(29(35)21-37-27-17-15-25(32)16-18-27)28(19-22-7-3-1-4-8-22)30(36)33-26-9-5-2-6-10-26/h1,3-4,7-8,11-18,26,28H,2,5-6,9-10,19-21H2,(H,33,36)/t28-/m1/s1. The van der Waals surface area contributed by atoms with Crippen molar-refractivity contribution in [3.63, 3.8) is 0 Å². The molecule has 1 aliphatic rings. The first-order valence-electron chi connectivity index (χ1n) is 12.7. The van der Waals surface area contributed by atoms with Crippen LogP contribution in [-0.4, -0.2) is 35.4 Å². The average Bonchev–Trinajstić information content (AvgIpc) is 2.92. The van der Waals surface area contributed by atoms with Crippen LogP contribution in [0.15, 0.2) is 78.9 Å².